The zero-order valence-corrected chi connectivity index (χ0v) is 16.2. The van der Waals surface area contributed by atoms with Crippen LogP contribution in [0.4, 0.5) is 0 Å². The van der Waals surface area contributed by atoms with Gasteiger partial charge in [-0.05, 0) is 45.7 Å². The van der Waals surface area contributed by atoms with E-state index in [1.54, 1.807) is 7.11 Å². The molecule has 1 N–H and O–H groups in total. The number of methoxy groups -OCH3 is 1. The lowest BCUT2D eigenvalue weighted by Gasteiger charge is -2.45. The highest BCUT2D eigenvalue weighted by Gasteiger charge is 2.33. The molecule has 1 aliphatic heterocycles. The summed E-state index contributed by atoms with van der Waals surface area (Å²) < 4.78 is 11.1. The largest absolute Gasteiger partial charge is 0.496 e. The van der Waals surface area contributed by atoms with Gasteiger partial charge in [-0.15, -0.1) is 0 Å². The summed E-state index contributed by atoms with van der Waals surface area (Å²) in [5.74, 6) is 0.917. The van der Waals surface area contributed by atoms with E-state index in [9.17, 15) is 4.79 Å². The third kappa shape index (κ3) is 5.72. The van der Waals surface area contributed by atoms with Gasteiger partial charge in [0.05, 0.1) is 19.3 Å². The number of ether oxygens (including phenoxy) is 2. The summed E-state index contributed by atoms with van der Waals surface area (Å²) in [5, 5.41) is 3.10. The van der Waals surface area contributed by atoms with Crippen LogP contribution < -0.4 is 10.1 Å². The van der Waals surface area contributed by atoms with E-state index >= 15 is 0 Å². The average Bonchev–Trinajstić information content (AvgIpc) is 2.57. The standard InChI is InChI=1S/C20H32N2O3/c1-15-12-22(13-16(2)25-15)20(3,4)14-21-19(23)11-10-17-8-6-7-9-18(17)24-5/h6-9,15-16H,10-14H2,1-5H3,(H,21,23). The summed E-state index contributed by atoms with van der Waals surface area (Å²) in [6.07, 6.45) is 1.60. The fraction of sp³-hybridized carbons (Fsp3) is 0.650. The molecule has 5 nitrogen and oxygen atoms in total. The fourth-order valence-corrected chi connectivity index (χ4v) is 3.34. The summed E-state index contributed by atoms with van der Waals surface area (Å²) in [5.41, 5.74) is 0.974. The lowest BCUT2D eigenvalue weighted by atomic mass is 10.00. The third-order valence-electron chi connectivity index (χ3n) is 4.81. The average molecular weight is 348 g/mol. The number of aryl methyl sites for hydroxylation is 1. The Bertz CT molecular complexity index is 564. The van der Waals surface area contributed by atoms with Crippen LogP contribution >= 0.6 is 0 Å². The molecule has 1 aromatic carbocycles. The van der Waals surface area contributed by atoms with Gasteiger partial charge in [0.25, 0.3) is 0 Å². The topological polar surface area (TPSA) is 50.8 Å². The highest BCUT2D eigenvalue weighted by atomic mass is 16.5. The van der Waals surface area contributed by atoms with E-state index in [4.69, 9.17) is 9.47 Å². The van der Waals surface area contributed by atoms with Gasteiger partial charge in [-0.3, -0.25) is 9.69 Å². The van der Waals surface area contributed by atoms with Gasteiger partial charge in [0.1, 0.15) is 5.75 Å². The van der Waals surface area contributed by atoms with Crippen molar-refractivity contribution in [2.75, 3.05) is 26.7 Å². The highest BCUT2D eigenvalue weighted by Crippen LogP contribution is 2.21. The number of para-hydroxylation sites is 1. The van der Waals surface area contributed by atoms with Gasteiger partial charge in [-0.1, -0.05) is 18.2 Å². The molecule has 1 fully saturated rings. The minimum absolute atomic E-state index is 0.0772. The Hall–Kier alpha value is -1.59. The molecule has 1 aliphatic rings. The van der Waals surface area contributed by atoms with Crippen LogP contribution in [0, 0.1) is 0 Å². The first-order valence-corrected chi connectivity index (χ1v) is 9.11. The van der Waals surface area contributed by atoms with Crippen molar-refractivity contribution in [3.63, 3.8) is 0 Å². The first-order valence-electron chi connectivity index (χ1n) is 9.11. The molecule has 0 aliphatic carbocycles. The molecule has 140 valence electrons. The van der Waals surface area contributed by atoms with Crippen LogP contribution in [0.5, 0.6) is 5.75 Å². The number of nitrogens with one attached hydrogen (secondary N) is 1. The van der Waals surface area contributed by atoms with Crippen molar-refractivity contribution in [3.8, 4) is 5.75 Å². The van der Waals surface area contributed by atoms with Gasteiger partial charge in [-0.2, -0.15) is 0 Å². The molecular formula is C20H32N2O3. The Balaban J connectivity index is 1.82. The molecule has 0 bridgehead atoms. The summed E-state index contributed by atoms with van der Waals surface area (Å²) in [6.45, 7) is 11.0. The molecule has 2 unspecified atom stereocenters. The van der Waals surface area contributed by atoms with Crippen molar-refractivity contribution >= 4 is 5.91 Å². The Kier molecular flexibility index (Phi) is 6.85. The minimum atomic E-state index is -0.0909. The van der Waals surface area contributed by atoms with Gasteiger partial charge in [0.15, 0.2) is 0 Å². The molecule has 25 heavy (non-hydrogen) atoms. The number of hydrogen-bond donors (Lipinski definition) is 1. The smallest absolute Gasteiger partial charge is 0.220 e. The summed E-state index contributed by atoms with van der Waals surface area (Å²) in [7, 11) is 1.66. The normalized spacial score (nSPS) is 21.8. The first kappa shape index (κ1) is 19.7. The molecule has 2 rings (SSSR count). The van der Waals surface area contributed by atoms with Crippen LogP contribution in [0.15, 0.2) is 24.3 Å². The molecule has 5 heteroatoms. The van der Waals surface area contributed by atoms with E-state index in [1.807, 2.05) is 24.3 Å². The first-order chi connectivity index (χ1) is 11.8. The maximum Gasteiger partial charge on any atom is 0.220 e. The predicted molar refractivity (Wildman–Crippen MR) is 100.0 cm³/mol. The van der Waals surface area contributed by atoms with Crippen LogP contribution in [0.25, 0.3) is 0 Å². The lowest BCUT2D eigenvalue weighted by molar-refractivity contribution is -0.122. The van der Waals surface area contributed by atoms with Crippen molar-refractivity contribution in [3.05, 3.63) is 29.8 Å². The van der Waals surface area contributed by atoms with Gasteiger partial charge < -0.3 is 14.8 Å². The van der Waals surface area contributed by atoms with Gasteiger partial charge in [0, 0.05) is 31.6 Å². The number of hydrogen-bond acceptors (Lipinski definition) is 4. The number of carbonyl (C=O) groups excluding carboxylic acids is 1. The second kappa shape index (κ2) is 8.68. The summed E-state index contributed by atoms with van der Waals surface area (Å²) in [6, 6.07) is 7.85. The number of benzene rings is 1. The van der Waals surface area contributed by atoms with Crippen molar-refractivity contribution < 1.29 is 14.3 Å². The zero-order valence-electron chi connectivity index (χ0n) is 16.2. The number of morpholine rings is 1. The second-order valence-corrected chi connectivity index (χ2v) is 7.56. The molecule has 1 saturated heterocycles. The number of rotatable bonds is 7. The molecular weight excluding hydrogens is 316 g/mol. The van der Waals surface area contributed by atoms with Gasteiger partial charge in [0.2, 0.25) is 5.91 Å². The van der Waals surface area contributed by atoms with Crippen molar-refractivity contribution in [1.82, 2.24) is 10.2 Å². The van der Waals surface area contributed by atoms with Crippen LogP contribution in [-0.2, 0) is 16.0 Å². The number of amides is 1. The number of nitrogens with zero attached hydrogens (tertiary/aromatic N) is 1. The second-order valence-electron chi connectivity index (χ2n) is 7.56. The van der Waals surface area contributed by atoms with E-state index < -0.39 is 0 Å². The zero-order chi connectivity index (χ0) is 18.4. The molecule has 1 aromatic rings. The molecule has 0 aromatic heterocycles. The lowest BCUT2D eigenvalue weighted by Crippen LogP contribution is -2.58. The van der Waals surface area contributed by atoms with E-state index in [0.29, 0.717) is 19.4 Å². The van der Waals surface area contributed by atoms with E-state index in [0.717, 1.165) is 24.4 Å². The van der Waals surface area contributed by atoms with Crippen molar-refractivity contribution in [2.24, 2.45) is 0 Å². The van der Waals surface area contributed by atoms with Crippen LogP contribution in [0.3, 0.4) is 0 Å². The Morgan fingerprint density at radius 1 is 1.28 bits per heavy atom. The number of carbonyl (C=O) groups is 1. The van der Waals surface area contributed by atoms with E-state index in [1.165, 1.54) is 0 Å². The molecule has 2 atom stereocenters. The monoisotopic (exact) mass is 348 g/mol. The maximum absolute atomic E-state index is 12.3. The summed E-state index contributed by atoms with van der Waals surface area (Å²) in [4.78, 5) is 14.7. The predicted octanol–water partition coefficient (Wildman–Crippen LogP) is 2.63. The molecule has 1 heterocycles. The molecule has 0 spiro atoms. The molecule has 1 amide bonds. The van der Waals surface area contributed by atoms with Crippen molar-refractivity contribution in [2.45, 2.75) is 58.3 Å². The Labute approximate surface area is 151 Å². The molecule has 0 saturated carbocycles. The van der Waals surface area contributed by atoms with E-state index in [-0.39, 0.29) is 23.7 Å². The third-order valence-corrected chi connectivity index (χ3v) is 4.81. The maximum atomic E-state index is 12.3. The Morgan fingerprint density at radius 3 is 2.56 bits per heavy atom. The van der Waals surface area contributed by atoms with Gasteiger partial charge >= 0.3 is 0 Å². The molecule has 0 radical (unpaired) electrons. The highest BCUT2D eigenvalue weighted by molar-refractivity contribution is 5.76. The quantitative estimate of drug-likeness (QED) is 0.823. The van der Waals surface area contributed by atoms with E-state index in [2.05, 4.69) is 37.9 Å². The Morgan fingerprint density at radius 2 is 1.92 bits per heavy atom. The van der Waals surface area contributed by atoms with Crippen molar-refractivity contribution in [1.29, 1.82) is 0 Å². The fourth-order valence-electron chi connectivity index (χ4n) is 3.34. The summed E-state index contributed by atoms with van der Waals surface area (Å²) >= 11 is 0. The minimum Gasteiger partial charge on any atom is -0.496 e. The van der Waals surface area contributed by atoms with Crippen LogP contribution in [0.2, 0.25) is 0 Å². The van der Waals surface area contributed by atoms with Crippen LogP contribution in [0.1, 0.15) is 39.7 Å². The van der Waals surface area contributed by atoms with Crippen LogP contribution in [-0.4, -0.2) is 55.3 Å². The van der Waals surface area contributed by atoms with Gasteiger partial charge in [-0.25, -0.2) is 0 Å². The SMILES string of the molecule is COc1ccccc1CCC(=O)NCC(C)(C)N1CC(C)OC(C)C1.